The van der Waals surface area contributed by atoms with Crippen molar-refractivity contribution in [3.05, 3.63) is 145 Å². The van der Waals surface area contributed by atoms with Gasteiger partial charge in [-0.05, 0) is 103 Å². The van der Waals surface area contributed by atoms with Crippen LogP contribution in [0.4, 0.5) is 5.69 Å². The van der Waals surface area contributed by atoms with E-state index < -0.39 is 0 Å². The summed E-state index contributed by atoms with van der Waals surface area (Å²) < 4.78 is 0. The minimum Gasteiger partial charge on any atom is -0.377 e. The topological polar surface area (TPSA) is 12.0 Å². The Morgan fingerprint density at radius 3 is 1.74 bits per heavy atom. The zero-order chi connectivity index (χ0) is 28.2. The predicted octanol–water partition coefficient (Wildman–Crippen LogP) is 11.4. The molecule has 0 amide bonds. The maximum absolute atomic E-state index is 3.83. The van der Waals surface area contributed by atoms with Crippen molar-refractivity contribution in [2.45, 2.75) is 19.9 Å². The van der Waals surface area contributed by atoms with E-state index in [1.807, 2.05) is 0 Å². The van der Waals surface area contributed by atoms with E-state index in [9.17, 15) is 0 Å². The first kappa shape index (κ1) is 24.6. The van der Waals surface area contributed by atoms with Crippen LogP contribution in [0.2, 0.25) is 0 Å². The number of fused-ring (bicyclic) bond motifs is 7. The van der Waals surface area contributed by atoms with Crippen LogP contribution in [0.1, 0.15) is 19.4 Å². The summed E-state index contributed by atoms with van der Waals surface area (Å²) in [6.45, 7) is 4.33. The van der Waals surface area contributed by atoms with Crippen LogP contribution < -0.4 is 5.32 Å². The third kappa shape index (κ3) is 3.93. The Balaban J connectivity index is 1.35. The third-order valence-corrected chi connectivity index (χ3v) is 8.88. The van der Waals surface area contributed by atoms with Gasteiger partial charge in [0, 0.05) is 17.2 Å². The molecule has 1 aliphatic rings. The van der Waals surface area contributed by atoms with Gasteiger partial charge in [-0.15, -0.1) is 0 Å². The zero-order valence-corrected chi connectivity index (χ0v) is 23.9. The van der Waals surface area contributed by atoms with Crippen LogP contribution in [-0.4, -0.2) is 6.04 Å². The van der Waals surface area contributed by atoms with Crippen molar-refractivity contribution in [1.82, 2.24) is 0 Å². The van der Waals surface area contributed by atoms with Crippen molar-refractivity contribution >= 4 is 54.4 Å². The highest BCUT2D eigenvalue weighted by Gasteiger charge is 2.26. The molecule has 200 valence electrons. The molecular formula is C41H31N. The van der Waals surface area contributed by atoms with E-state index in [1.165, 1.54) is 82.2 Å². The lowest BCUT2D eigenvalue weighted by atomic mass is 9.90. The monoisotopic (exact) mass is 537 g/mol. The number of hydrogen-bond acceptors (Lipinski definition) is 1. The van der Waals surface area contributed by atoms with Gasteiger partial charge in [-0.2, -0.15) is 0 Å². The summed E-state index contributed by atoms with van der Waals surface area (Å²) in [5.74, 6) is 0. The highest BCUT2D eigenvalue weighted by atomic mass is 15.0. The number of anilines is 1. The molecule has 1 heterocycles. The Bertz CT molecular complexity index is 2250. The lowest BCUT2D eigenvalue weighted by Crippen LogP contribution is -2.08. The van der Waals surface area contributed by atoms with Crippen LogP contribution in [0.5, 0.6) is 0 Å². The van der Waals surface area contributed by atoms with Gasteiger partial charge in [0.25, 0.3) is 0 Å². The van der Waals surface area contributed by atoms with E-state index in [0.29, 0.717) is 0 Å². The zero-order valence-electron chi connectivity index (χ0n) is 23.9. The maximum Gasteiger partial charge on any atom is 0.0502 e. The molecule has 0 saturated carbocycles. The molecule has 0 radical (unpaired) electrons. The minimum atomic E-state index is 0.234. The number of allylic oxidation sites excluding steroid dienone is 3. The molecule has 1 atom stereocenters. The fraction of sp³-hybridized carbons (Fsp3) is 0.0732. The van der Waals surface area contributed by atoms with Crippen LogP contribution in [0, 0.1) is 0 Å². The van der Waals surface area contributed by atoms with E-state index in [4.69, 9.17) is 0 Å². The average Bonchev–Trinajstić information content (AvgIpc) is 3.37. The van der Waals surface area contributed by atoms with Crippen molar-refractivity contribution in [1.29, 1.82) is 0 Å². The number of hydrogen-bond donors (Lipinski definition) is 1. The van der Waals surface area contributed by atoms with Gasteiger partial charge in [0.15, 0.2) is 0 Å². The second-order valence-electron chi connectivity index (χ2n) is 11.4. The molecule has 1 nitrogen and oxygen atoms in total. The van der Waals surface area contributed by atoms with Crippen molar-refractivity contribution in [3.63, 3.8) is 0 Å². The number of nitrogens with one attached hydrogen (secondary N) is 1. The van der Waals surface area contributed by atoms with Crippen LogP contribution >= 0.6 is 0 Å². The number of rotatable bonds is 3. The van der Waals surface area contributed by atoms with Crippen LogP contribution in [0.15, 0.2) is 140 Å². The predicted molar refractivity (Wildman–Crippen MR) is 183 cm³/mol. The van der Waals surface area contributed by atoms with E-state index in [2.05, 4.69) is 159 Å². The molecule has 1 N–H and O–H groups in total. The van der Waals surface area contributed by atoms with Gasteiger partial charge in [0.1, 0.15) is 0 Å². The summed E-state index contributed by atoms with van der Waals surface area (Å²) >= 11 is 0. The van der Waals surface area contributed by atoms with Crippen molar-refractivity contribution in [2.75, 3.05) is 5.32 Å². The Hall–Kier alpha value is -5.14. The molecule has 0 spiro atoms. The normalized spacial score (nSPS) is 15.8. The smallest absolute Gasteiger partial charge is 0.0502 e. The molecule has 0 bridgehead atoms. The Morgan fingerprint density at radius 2 is 1.07 bits per heavy atom. The lowest BCUT2D eigenvalue weighted by Gasteiger charge is -2.15. The van der Waals surface area contributed by atoms with E-state index >= 15 is 0 Å². The summed E-state index contributed by atoms with van der Waals surface area (Å²) in [6, 6.07) is 45.1. The largest absolute Gasteiger partial charge is 0.377 e. The van der Waals surface area contributed by atoms with Crippen molar-refractivity contribution < 1.29 is 0 Å². The van der Waals surface area contributed by atoms with Gasteiger partial charge >= 0.3 is 0 Å². The van der Waals surface area contributed by atoms with Gasteiger partial charge in [0.05, 0.1) is 5.69 Å². The molecule has 1 aliphatic heterocycles. The van der Waals surface area contributed by atoms with Crippen LogP contribution in [-0.2, 0) is 0 Å². The van der Waals surface area contributed by atoms with Crippen LogP contribution in [0.3, 0.4) is 0 Å². The van der Waals surface area contributed by atoms with E-state index in [0.717, 1.165) is 0 Å². The summed E-state index contributed by atoms with van der Waals surface area (Å²) in [4.78, 5) is 0. The van der Waals surface area contributed by atoms with Crippen molar-refractivity contribution in [3.8, 4) is 22.3 Å². The molecule has 1 unspecified atom stereocenters. The molecule has 0 saturated heterocycles. The van der Waals surface area contributed by atoms with Crippen LogP contribution in [0.25, 0.3) is 70.9 Å². The van der Waals surface area contributed by atoms with Gasteiger partial charge in [-0.25, -0.2) is 0 Å². The van der Waals surface area contributed by atoms with Gasteiger partial charge in [0.2, 0.25) is 0 Å². The second-order valence-corrected chi connectivity index (χ2v) is 11.4. The fourth-order valence-corrected chi connectivity index (χ4v) is 6.75. The molecule has 7 aromatic carbocycles. The molecule has 0 aromatic heterocycles. The molecule has 0 fully saturated rings. The molecular weight excluding hydrogens is 506 g/mol. The maximum atomic E-state index is 3.83. The highest BCUT2D eigenvalue weighted by Crippen LogP contribution is 2.46. The molecule has 1 heteroatoms. The third-order valence-electron chi connectivity index (χ3n) is 8.88. The quantitative estimate of drug-likeness (QED) is 0.221. The van der Waals surface area contributed by atoms with Gasteiger partial charge < -0.3 is 5.32 Å². The van der Waals surface area contributed by atoms with E-state index in [-0.39, 0.29) is 6.04 Å². The standard InChI is InChI=1S/C41H31N/c1-3-4-11-34-26(2)42-41-39(32-19-21-38-31(23-32)17-15-28-10-6-8-13-36(28)38)24-33(25-40(34)41)29-18-20-37-30(22-29)16-14-27-9-5-7-12-35(27)37/h3-26,42H,1-2H3/b4-3-,34-11+. The Labute approximate surface area is 246 Å². The summed E-state index contributed by atoms with van der Waals surface area (Å²) in [7, 11) is 0. The average molecular weight is 538 g/mol. The first-order valence-corrected chi connectivity index (χ1v) is 14.8. The Kier molecular flexibility index (Phi) is 5.72. The summed E-state index contributed by atoms with van der Waals surface area (Å²) in [6.07, 6.45) is 6.51. The molecule has 7 aromatic rings. The molecule has 8 rings (SSSR count). The first-order valence-electron chi connectivity index (χ1n) is 14.8. The van der Waals surface area contributed by atoms with E-state index in [1.54, 1.807) is 0 Å². The summed E-state index contributed by atoms with van der Waals surface area (Å²) in [5, 5.41) is 14.1. The number of benzene rings is 7. The lowest BCUT2D eigenvalue weighted by molar-refractivity contribution is 1.06. The Morgan fingerprint density at radius 1 is 0.524 bits per heavy atom. The SMILES string of the molecule is C/C=C\C=C1\c2cc(-c3ccc4c(ccc5ccccc54)c3)cc(-c3ccc4c(ccc5ccccc54)c3)c2NC1C. The van der Waals surface area contributed by atoms with Crippen molar-refractivity contribution in [2.24, 2.45) is 0 Å². The second kappa shape index (κ2) is 9.75. The molecule has 0 aliphatic carbocycles. The highest BCUT2D eigenvalue weighted by molar-refractivity contribution is 6.10. The first-order chi connectivity index (χ1) is 20.7. The van der Waals surface area contributed by atoms with Gasteiger partial charge in [-0.3, -0.25) is 0 Å². The molecule has 42 heavy (non-hydrogen) atoms. The minimum absolute atomic E-state index is 0.234. The fourth-order valence-electron chi connectivity index (χ4n) is 6.75. The summed E-state index contributed by atoms with van der Waals surface area (Å²) in [5.41, 5.74) is 8.77. The van der Waals surface area contributed by atoms with Gasteiger partial charge in [-0.1, -0.05) is 115 Å².